The molecule has 0 aliphatic rings. The van der Waals surface area contributed by atoms with Crippen LogP contribution in [0.3, 0.4) is 0 Å². The van der Waals surface area contributed by atoms with E-state index in [-0.39, 0.29) is 12.3 Å². The van der Waals surface area contributed by atoms with Gasteiger partial charge in [-0.25, -0.2) is 13.8 Å². The average molecular weight is 398 g/mol. The fourth-order valence-electron chi connectivity index (χ4n) is 3.00. The summed E-state index contributed by atoms with van der Waals surface area (Å²) in [4.78, 5) is 20.4. The lowest BCUT2D eigenvalue weighted by Crippen LogP contribution is -2.09. The number of fused-ring (bicyclic) bond motifs is 1. The van der Waals surface area contributed by atoms with Gasteiger partial charge in [0.2, 0.25) is 0 Å². The summed E-state index contributed by atoms with van der Waals surface area (Å²) < 4.78 is 26.5. The molecule has 0 aliphatic carbocycles. The summed E-state index contributed by atoms with van der Waals surface area (Å²) in [6.07, 6.45) is 3.19. The molecule has 0 bridgehead atoms. The Kier molecular flexibility index (Phi) is 4.79. The normalized spacial score (nSPS) is 11.0. The topological polar surface area (TPSA) is 57.8 Å². The highest BCUT2D eigenvalue weighted by Crippen LogP contribution is 2.26. The molecule has 7 heteroatoms. The van der Waals surface area contributed by atoms with E-state index >= 15 is 0 Å². The maximum absolute atomic E-state index is 13.4. The zero-order valence-corrected chi connectivity index (χ0v) is 15.2. The number of rotatable bonds is 5. The number of benzene rings is 2. The lowest BCUT2D eigenvalue weighted by molar-refractivity contribution is 0.104. The summed E-state index contributed by atoms with van der Waals surface area (Å²) in [7, 11) is 0. The minimum atomic E-state index is -0.922. The number of halogens is 3. The molecule has 0 atom stereocenters. The maximum Gasteiger partial charge on any atom is 0.198 e. The van der Waals surface area contributed by atoms with Crippen LogP contribution in [-0.2, 0) is 6.54 Å². The second-order valence-corrected chi connectivity index (χ2v) is 6.66. The first-order chi connectivity index (χ1) is 13.5. The monoisotopic (exact) mass is 397 g/mol. The number of aromatic nitrogens is 2. The number of hydrogen-bond acceptors (Lipinski definition) is 3. The van der Waals surface area contributed by atoms with Crippen LogP contribution >= 0.6 is 11.6 Å². The average Bonchev–Trinajstić information content (AvgIpc) is 3.11. The summed E-state index contributed by atoms with van der Waals surface area (Å²) in [5, 5.41) is 4.35. The molecule has 4 aromatic rings. The smallest absolute Gasteiger partial charge is 0.198 e. The van der Waals surface area contributed by atoms with Gasteiger partial charge in [0, 0.05) is 40.4 Å². The van der Waals surface area contributed by atoms with Crippen LogP contribution < -0.4 is 5.32 Å². The fraction of sp³-hybridized carbons (Fsp3) is 0.0476. The minimum absolute atomic E-state index is 0.192. The van der Waals surface area contributed by atoms with E-state index in [1.165, 1.54) is 6.07 Å². The van der Waals surface area contributed by atoms with Gasteiger partial charge in [0.25, 0.3) is 0 Å². The van der Waals surface area contributed by atoms with Gasteiger partial charge in [0.05, 0.1) is 5.56 Å². The van der Waals surface area contributed by atoms with Gasteiger partial charge in [-0.2, -0.15) is 0 Å². The van der Waals surface area contributed by atoms with E-state index in [1.807, 2.05) is 0 Å². The van der Waals surface area contributed by atoms with Gasteiger partial charge in [-0.3, -0.25) is 4.79 Å². The van der Waals surface area contributed by atoms with Crippen LogP contribution in [0.4, 0.5) is 14.6 Å². The summed E-state index contributed by atoms with van der Waals surface area (Å²) in [5.74, 6) is -1.68. The van der Waals surface area contributed by atoms with E-state index in [0.29, 0.717) is 27.5 Å². The zero-order chi connectivity index (χ0) is 19.7. The number of anilines is 1. The molecule has 4 nitrogen and oxygen atoms in total. The second kappa shape index (κ2) is 7.40. The Labute approximate surface area is 164 Å². The number of carbonyl (C=O) groups excluding carboxylic acids is 1. The number of nitrogens with one attached hydrogen (secondary N) is 2. The van der Waals surface area contributed by atoms with Gasteiger partial charge >= 0.3 is 0 Å². The van der Waals surface area contributed by atoms with E-state index in [1.54, 1.807) is 42.7 Å². The largest absolute Gasteiger partial charge is 0.365 e. The molecule has 0 aliphatic heterocycles. The molecule has 2 N–H and O–H groups in total. The standard InChI is InChI=1S/C21H14ClF2N3O/c22-13-4-5-14-16(11-26-19(14)9-13)20(28)15-2-1-7-25-21(15)27-10-12-3-6-17(23)18(24)8-12/h1-9,11,26H,10H2,(H,25,27). The predicted molar refractivity (Wildman–Crippen MR) is 105 cm³/mol. The van der Waals surface area contributed by atoms with Gasteiger partial charge in [0.15, 0.2) is 17.4 Å². The van der Waals surface area contributed by atoms with E-state index < -0.39 is 11.6 Å². The Bertz CT molecular complexity index is 1190. The number of carbonyl (C=O) groups is 1. The van der Waals surface area contributed by atoms with Crippen LogP contribution in [-0.4, -0.2) is 15.8 Å². The first-order valence-electron chi connectivity index (χ1n) is 8.47. The Morgan fingerprint density at radius 3 is 2.75 bits per heavy atom. The van der Waals surface area contributed by atoms with Gasteiger partial charge in [-0.15, -0.1) is 0 Å². The third kappa shape index (κ3) is 3.46. The van der Waals surface area contributed by atoms with Crippen molar-refractivity contribution in [2.75, 3.05) is 5.32 Å². The van der Waals surface area contributed by atoms with Crippen molar-refractivity contribution in [3.63, 3.8) is 0 Å². The molecule has 0 fully saturated rings. The molecule has 0 saturated heterocycles. The van der Waals surface area contributed by atoms with Gasteiger partial charge < -0.3 is 10.3 Å². The van der Waals surface area contributed by atoms with Crippen LogP contribution in [0.25, 0.3) is 10.9 Å². The van der Waals surface area contributed by atoms with Crippen molar-refractivity contribution < 1.29 is 13.6 Å². The van der Waals surface area contributed by atoms with Crippen LogP contribution in [0, 0.1) is 11.6 Å². The summed E-state index contributed by atoms with van der Waals surface area (Å²) >= 11 is 5.99. The summed E-state index contributed by atoms with van der Waals surface area (Å²) in [6.45, 7) is 0.192. The summed E-state index contributed by atoms with van der Waals surface area (Å²) in [5.41, 5.74) is 2.16. The highest BCUT2D eigenvalue weighted by atomic mass is 35.5. The van der Waals surface area contributed by atoms with Gasteiger partial charge in [-0.05, 0) is 42.0 Å². The molecule has 2 aromatic heterocycles. The van der Waals surface area contributed by atoms with Gasteiger partial charge in [0.1, 0.15) is 5.82 Å². The predicted octanol–water partition coefficient (Wildman–Crippen LogP) is 5.34. The molecule has 0 saturated carbocycles. The molecule has 0 unspecified atom stereocenters. The van der Waals surface area contributed by atoms with Crippen molar-refractivity contribution >= 4 is 34.1 Å². The highest BCUT2D eigenvalue weighted by Gasteiger charge is 2.18. The lowest BCUT2D eigenvalue weighted by Gasteiger charge is -2.10. The molecule has 0 radical (unpaired) electrons. The van der Waals surface area contributed by atoms with Crippen molar-refractivity contribution in [2.24, 2.45) is 0 Å². The van der Waals surface area contributed by atoms with Crippen molar-refractivity contribution in [1.29, 1.82) is 0 Å². The first kappa shape index (κ1) is 18.1. The Morgan fingerprint density at radius 1 is 1.07 bits per heavy atom. The number of ketones is 1. The zero-order valence-electron chi connectivity index (χ0n) is 14.5. The Balaban J connectivity index is 1.63. The van der Waals surface area contributed by atoms with Crippen molar-refractivity contribution in [3.8, 4) is 0 Å². The molecular weight excluding hydrogens is 384 g/mol. The fourth-order valence-corrected chi connectivity index (χ4v) is 3.17. The van der Waals surface area contributed by atoms with E-state index in [2.05, 4.69) is 15.3 Å². The lowest BCUT2D eigenvalue weighted by atomic mass is 10.0. The van der Waals surface area contributed by atoms with Crippen LogP contribution in [0.2, 0.25) is 5.02 Å². The van der Waals surface area contributed by atoms with Crippen LogP contribution in [0.15, 0.2) is 60.9 Å². The number of hydrogen-bond donors (Lipinski definition) is 2. The molecular formula is C21H14ClF2N3O. The first-order valence-corrected chi connectivity index (χ1v) is 8.85. The number of aromatic amines is 1. The molecule has 2 heterocycles. The molecule has 140 valence electrons. The van der Waals surface area contributed by atoms with Gasteiger partial charge in [-0.1, -0.05) is 23.7 Å². The number of H-pyrrole nitrogens is 1. The third-order valence-electron chi connectivity index (χ3n) is 4.38. The van der Waals surface area contributed by atoms with Crippen LogP contribution in [0.1, 0.15) is 21.5 Å². The quantitative estimate of drug-likeness (QED) is 0.447. The molecule has 0 spiro atoms. The van der Waals surface area contributed by atoms with E-state index in [9.17, 15) is 13.6 Å². The van der Waals surface area contributed by atoms with Crippen LogP contribution in [0.5, 0.6) is 0 Å². The minimum Gasteiger partial charge on any atom is -0.365 e. The van der Waals surface area contributed by atoms with Crippen molar-refractivity contribution in [1.82, 2.24) is 9.97 Å². The SMILES string of the molecule is O=C(c1cccnc1NCc1ccc(F)c(F)c1)c1c[nH]c2cc(Cl)ccc12. The second-order valence-electron chi connectivity index (χ2n) is 6.22. The number of nitrogens with zero attached hydrogens (tertiary/aromatic N) is 1. The third-order valence-corrected chi connectivity index (χ3v) is 4.62. The number of pyridine rings is 1. The van der Waals surface area contributed by atoms with Crippen molar-refractivity contribution in [3.05, 3.63) is 94.3 Å². The molecule has 4 rings (SSSR count). The molecule has 28 heavy (non-hydrogen) atoms. The Morgan fingerprint density at radius 2 is 1.93 bits per heavy atom. The van der Waals surface area contributed by atoms with E-state index in [4.69, 9.17) is 11.6 Å². The highest BCUT2D eigenvalue weighted by molar-refractivity contribution is 6.31. The molecule has 2 aromatic carbocycles. The Hall–Kier alpha value is -3.25. The molecule has 0 amide bonds. The summed E-state index contributed by atoms with van der Waals surface area (Å²) in [6, 6.07) is 12.2. The maximum atomic E-state index is 13.4. The van der Waals surface area contributed by atoms with E-state index in [0.717, 1.165) is 23.0 Å². The van der Waals surface area contributed by atoms with Crippen molar-refractivity contribution in [2.45, 2.75) is 6.54 Å².